The van der Waals surface area contributed by atoms with Crippen molar-refractivity contribution in [1.29, 1.82) is 0 Å². The number of ether oxygens (including phenoxy) is 1. The Labute approximate surface area is 154 Å². The van der Waals surface area contributed by atoms with Crippen molar-refractivity contribution >= 4 is 11.8 Å². The number of carbonyl (C=O) groups is 2. The molecule has 2 amide bonds. The fourth-order valence-corrected chi connectivity index (χ4v) is 4.27. The van der Waals surface area contributed by atoms with Crippen LogP contribution in [0.15, 0.2) is 12.3 Å². The van der Waals surface area contributed by atoms with Gasteiger partial charge in [-0.15, -0.1) is 0 Å². The lowest BCUT2D eigenvalue weighted by molar-refractivity contribution is -0.188. The largest absolute Gasteiger partial charge is 0.363 e. The van der Waals surface area contributed by atoms with Gasteiger partial charge in [0, 0.05) is 32.9 Å². The fourth-order valence-electron chi connectivity index (χ4n) is 4.27. The number of piperidine rings is 1. The number of aryl methyl sites for hydroxylation is 1. The highest BCUT2D eigenvalue weighted by Crippen LogP contribution is 2.38. The minimum absolute atomic E-state index is 0.0809. The molecule has 26 heavy (non-hydrogen) atoms. The summed E-state index contributed by atoms with van der Waals surface area (Å²) in [5, 5.41) is 4.29. The van der Waals surface area contributed by atoms with Crippen molar-refractivity contribution in [2.45, 2.75) is 50.7 Å². The van der Waals surface area contributed by atoms with Crippen LogP contribution in [0.25, 0.3) is 0 Å². The van der Waals surface area contributed by atoms with Gasteiger partial charge in [0.1, 0.15) is 6.61 Å². The van der Waals surface area contributed by atoms with E-state index in [2.05, 4.69) is 12.0 Å². The number of hydrogen-bond donors (Lipinski definition) is 0. The number of hydrogen-bond acceptors (Lipinski definition) is 4. The second-order valence-electron chi connectivity index (χ2n) is 8.06. The van der Waals surface area contributed by atoms with Gasteiger partial charge in [-0.05, 0) is 44.6 Å². The molecule has 0 bridgehead atoms. The highest BCUT2D eigenvalue weighted by molar-refractivity contribution is 5.79. The van der Waals surface area contributed by atoms with Gasteiger partial charge in [0.15, 0.2) is 0 Å². The van der Waals surface area contributed by atoms with Crippen LogP contribution in [0.1, 0.15) is 38.3 Å². The molecule has 1 spiro atoms. The molecule has 1 aromatic heterocycles. The molecule has 0 aromatic carbocycles. The van der Waals surface area contributed by atoms with Gasteiger partial charge in [-0.25, -0.2) is 0 Å². The first-order chi connectivity index (χ1) is 12.5. The van der Waals surface area contributed by atoms with Crippen LogP contribution in [0.2, 0.25) is 0 Å². The molecule has 4 rings (SSSR count). The van der Waals surface area contributed by atoms with E-state index in [-0.39, 0.29) is 30.1 Å². The molecule has 7 heteroatoms. The van der Waals surface area contributed by atoms with Crippen molar-refractivity contribution < 1.29 is 14.3 Å². The molecule has 1 atom stereocenters. The summed E-state index contributed by atoms with van der Waals surface area (Å²) in [6.07, 6.45) is 6.25. The van der Waals surface area contributed by atoms with Crippen molar-refractivity contribution in [2.24, 2.45) is 13.0 Å². The van der Waals surface area contributed by atoms with Crippen LogP contribution >= 0.6 is 0 Å². The van der Waals surface area contributed by atoms with Gasteiger partial charge in [0.2, 0.25) is 11.8 Å². The van der Waals surface area contributed by atoms with Gasteiger partial charge >= 0.3 is 0 Å². The highest BCUT2D eigenvalue weighted by atomic mass is 16.5. The molecule has 2 saturated heterocycles. The predicted octanol–water partition coefficient (Wildman–Crippen LogP) is 0.981. The molecule has 1 aliphatic carbocycles. The molecule has 0 N–H and O–H groups in total. The monoisotopic (exact) mass is 360 g/mol. The Morgan fingerprint density at radius 1 is 1.35 bits per heavy atom. The van der Waals surface area contributed by atoms with Crippen LogP contribution in [0.3, 0.4) is 0 Å². The molecule has 3 heterocycles. The zero-order valence-electron chi connectivity index (χ0n) is 15.7. The third-order valence-electron chi connectivity index (χ3n) is 6.25. The Morgan fingerprint density at radius 3 is 2.69 bits per heavy atom. The number of rotatable bonds is 4. The van der Waals surface area contributed by atoms with E-state index in [1.165, 1.54) is 12.8 Å². The average Bonchev–Trinajstić information content (AvgIpc) is 3.36. The maximum absolute atomic E-state index is 12.6. The summed E-state index contributed by atoms with van der Waals surface area (Å²) in [6, 6.07) is 1.97. The number of carbonyl (C=O) groups excluding carboxylic acids is 2. The summed E-state index contributed by atoms with van der Waals surface area (Å²) in [6.45, 7) is 4.53. The maximum Gasteiger partial charge on any atom is 0.248 e. The van der Waals surface area contributed by atoms with E-state index in [0.29, 0.717) is 25.4 Å². The van der Waals surface area contributed by atoms with E-state index >= 15 is 0 Å². The third kappa shape index (κ3) is 3.37. The normalized spacial score (nSPS) is 25.8. The van der Waals surface area contributed by atoms with Crippen molar-refractivity contribution in [2.75, 3.05) is 26.2 Å². The first-order valence-electron chi connectivity index (χ1n) is 9.66. The van der Waals surface area contributed by atoms with E-state index in [0.717, 1.165) is 25.1 Å². The number of nitrogens with zero attached hydrogens (tertiary/aromatic N) is 4. The topological polar surface area (TPSA) is 67.7 Å². The molecule has 7 nitrogen and oxygen atoms in total. The lowest BCUT2D eigenvalue weighted by atomic mass is 9.82. The summed E-state index contributed by atoms with van der Waals surface area (Å²) >= 11 is 0. The SMILES string of the molecule is C[C@@H]1N(CC2CC2)C(=O)COC12CCN(C(=O)Cc1ccn(C)n1)CC2. The first-order valence-corrected chi connectivity index (χ1v) is 9.66. The van der Waals surface area contributed by atoms with Crippen LogP contribution in [-0.2, 0) is 27.8 Å². The Hall–Kier alpha value is -1.89. The summed E-state index contributed by atoms with van der Waals surface area (Å²) in [5.41, 5.74) is 0.506. The predicted molar refractivity (Wildman–Crippen MR) is 95.3 cm³/mol. The van der Waals surface area contributed by atoms with Gasteiger partial charge in [-0.1, -0.05) is 0 Å². The zero-order chi connectivity index (χ0) is 18.3. The van der Waals surface area contributed by atoms with Crippen LogP contribution in [-0.4, -0.2) is 69.3 Å². The molecule has 2 aliphatic heterocycles. The Bertz CT molecular complexity index is 689. The molecule has 1 aromatic rings. The number of morpholine rings is 1. The van der Waals surface area contributed by atoms with Gasteiger partial charge in [0.25, 0.3) is 0 Å². The molecule has 142 valence electrons. The van der Waals surface area contributed by atoms with Crippen molar-refractivity contribution in [3.8, 4) is 0 Å². The molecular weight excluding hydrogens is 332 g/mol. The van der Waals surface area contributed by atoms with Crippen LogP contribution in [0.4, 0.5) is 0 Å². The second kappa shape index (κ2) is 6.68. The standard InChI is InChI=1S/C19H28N4O3/c1-14-19(26-13-18(25)23(14)12-15-3-4-15)6-9-22(10-7-19)17(24)11-16-5-8-21(2)20-16/h5,8,14-15H,3-4,6-7,9-13H2,1-2H3/t14-/m0/s1. The Kier molecular flexibility index (Phi) is 4.50. The minimum atomic E-state index is -0.301. The van der Waals surface area contributed by atoms with Gasteiger partial charge in [0.05, 0.1) is 23.8 Å². The van der Waals surface area contributed by atoms with Crippen molar-refractivity contribution in [1.82, 2.24) is 19.6 Å². The summed E-state index contributed by atoms with van der Waals surface area (Å²) in [4.78, 5) is 28.8. The number of aromatic nitrogens is 2. The zero-order valence-corrected chi connectivity index (χ0v) is 15.7. The smallest absolute Gasteiger partial charge is 0.248 e. The van der Waals surface area contributed by atoms with E-state index in [1.54, 1.807) is 4.68 Å². The lowest BCUT2D eigenvalue weighted by Gasteiger charge is -2.51. The summed E-state index contributed by atoms with van der Waals surface area (Å²) < 4.78 is 7.79. The highest BCUT2D eigenvalue weighted by Gasteiger charge is 2.49. The van der Waals surface area contributed by atoms with E-state index in [4.69, 9.17) is 4.74 Å². The van der Waals surface area contributed by atoms with Crippen LogP contribution < -0.4 is 0 Å². The van der Waals surface area contributed by atoms with Crippen molar-refractivity contribution in [3.63, 3.8) is 0 Å². The number of likely N-dealkylation sites (tertiary alicyclic amines) is 1. The second-order valence-corrected chi connectivity index (χ2v) is 8.06. The average molecular weight is 360 g/mol. The number of amides is 2. The van der Waals surface area contributed by atoms with Gasteiger partial charge in [-0.2, -0.15) is 5.10 Å². The van der Waals surface area contributed by atoms with Crippen molar-refractivity contribution in [3.05, 3.63) is 18.0 Å². The van der Waals surface area contributed by atoms with E-state index in [9.17, 15) is 9.59 Å². The third-order valence-corrected chi connectivity index (χ3v) is 6.25. The minimum Gasteiger partial charge on any atom is -0.363 e. The summed E-state index contributed by atoms with van der Waals surface area (Å²) in [7, 11) is 1.86. The Morgan fingerprint density at radius 2 is 2.08 bits per heavy atom. The molecule has 0 radical (unpaired) electrons. The molecule has 1 saturated carbocycles. The molecule has 3 aliphatic rings. The molecule has 3 fully saturated rings. The van der Waals surface area contributed by atoms with Gasteiger partial charge in [-0.3, -0.25) is 14.3 Å². The quantitative estimate of drug-likeness (QED) is 0.803. The lowest BCUT2D eigenvalue weighted by Crippen LogP contribution is -2.64. The summed E-state index contributed by atoms with van der Waals surface area (Å²) in [5.74, 6) is 0.910. The Balaban J connectivity index is 1.37. The van der Waals surface area contributed by atoms with Gasteiger partial charge < -0.3 is 14.5 Å². The van der Waals surface area contributed by atoms with Crippen LogP contribution in [0, 0.1) is 5.92 Å². The van der Waals surface area contributed by atoms with E-state index < -0.39 is 0 Å². The van der Waals surface area contributed by atoms with Crippen LogP contribution in [0.5, 0.6) is 0 Å². The fraction of sp³-hybridized carbons (Fsp3) is 0.737. The molecule has 0 unspecified atom stereocenters. The maximum atomic E-state index is 12.6. The first kappa shape index (κ1) is 17.5. The molecular formula is C19H28N4O3. The van der Waals surface area contributed by atoms with E-state index in [1.807, 2.05) is 29.1 Å².